The molecule has 0 N–H and O–H groups in total. The fourth-order valence-corrected chi connectivity index (χ4v) is 2.29. The number of hydrogen-bond donors (Lipinski definition) is 0. The van der Waals surface area contributed by atoms with Gasteiger partial charge >= 0.3 is 0 Å². The van der Waals surface area contributed by atoms with Gasteiger partial charge in [-0.1, -0.05) is 30.3 Å². The molecule has 0 aliphatic rings. The fourth-order valence-electron chi connectivity index (χ4n) is 2.29. The number of ketones is 1. The summed E-state index contributed by atoms with van der Waals surface area (Å²) >= 11 is 0. The quantitative estimate of drug-likeness (QED) is 0.526. The SMILES string of the molecule is COc1ccc2ccccc2c1/C=C\C(=O)c1ccco1. The molecule has 2 aromatic carbocycles. The van der Waals surface area contributed by atoms with Gasteiger partial charge in [0, 0.05) is 5.56 Å². The number of methoxy groups -OCH3 is 1. The van der Waals surface area contributed by atoms with Crippen molar-refractivity contribution in [3.05, 3.63) is 72.2 Å². The number of fused-ring (bicyclic) bond motifs is 1. The van der Waals surface area contributed by atoms with Gasteiger partial charge in [-0.05, 0) is 41.1 Å². The van der Waals surface area contributed by atoms with Crippen LogP contribution in [0.1, 0.15) is 16.1 Å². The monoisotopic (exact) mass is 278 g/mol. The Morgan fingerprint density at radius 2 is 1.95 bits per heavy atom. The van der Waals surface area contributed by atoms with Crippen molar-refractivity contribution in [2.75, 3.05) is 7.11 Å². The van der Waals surface area contributed by atoms with Crippen molar-refractivity contribution < 1.29 is 13.9 Å². The molecule has 21 heavy (non-hydrogen) atoms. The lowest BCUT2D eigenvalue weighted by Gasteiger charge is -2.08. The maximum absolute atomic E-state index is 12.0. The molecule has 0 bridgehead atoms. The van der Waals surface area contributed by atoms with Crippen molar-refractivity contribution in [3.8, 4) is 5.75 Å². The Labute approximate surface area is 122 Å². The Kier molecular flexibility index (Phi) is 3.56. The predicted molar refractivity (Wildman–Crippen MR) is 82.6 cm³/mol. The molecule has 0 amide bonds. The molecule has 0 aliphatic carbocycles. The van der Waals surface area contributed by atoms with Crippen LogP contribution in [0.25, 0.3) is 16.8 Å². The van der Waals surface area contributed by atoms with Crippen molar-refractivity contribution in [1.29, 1.82) is 0 Å². The number of furan rings is 1. The summed E-state index contributed by atoms with van der Waals surface area (Å²) in [6.45, 7) is 0. The van der Waals surface area contributed by atoms with E-state index < -0.39 is 0 Å². The maximum atomic E-state index is 12.0. The van der Waals surface area contributed by atoms with E-state index in [1.807, 2.05) is 36.4 Å². The smallest absolute Gasteiger partial charge is 0.221 e. The third kappa shape index (κ3) is 2.58. The van der Waals surface area contributed by atoms with Crippen LogP contribution >= 0.6 is 0 Å². The molecule has 3 aromatic rings. The molecule has 1 heterocycles. The molecule has 3 nitrogen and oxygen atoms in total. The largest absolute Gasteiger partial charge is 0.496 e. The summed E-state index contributed by atoms with van der Waals surface area (Å²) in [6, 6.07) is 15.2. The van der Waals surface area contributed by atoms with Crippen molar-refractivity contribution >= 4 is 22.6 Å². The first-order chi connectivity index (χ1) is 10.3. The number of hydrogen-bond acceptors (Lipinski definition) is 3. The van der Waals surface area contributed by atoms with Crippen molar-refractivity contribution in [2.24, 2.45) is 0 Å². The van der Waals surface area contributed by atoms with Gasteiger partial charge in [0.1, 0.15) is 5.75 Å². The lowest BCUT2D eigenvalue weighted by Crippen LogP contribution is -1.92. The molecule has 0 aliphatic heterocycles. The molecule has 3 heteroatoms. The number of carbonyl (C=O) groups is 1. The van der Waals surface area contributed by atoms with Gasteiger partial charge in [-0.15, -0.1) is 0 Å². The van der Waals surface area contributed by atoms with Crippen LogP contribution in [0.4, 0.5) is 0 Å². The minimum absolute atomic E-state index is 0.171. The molecule has 0 unspecified atom stereocenters. The topological polar surface area (TPSA) is 39.4 Å². The van der Waals surface area contributed by atoms with Crippen LogP contribution in [0.3, 0.4) is 0 Å². The van der Waals surface area contributed by atoms with E-state index in [-0.39, 0.29) is 5.78 Å². The second-order valence-corrected chi connectivity index (χ2v) is 4.58. The Bertz CT molecular complexity index is 798. The van der Waals surface area contributed by atoms with Crippen LogP contribution in [0.5, 0.6) is 5.75 Å². The van der Waals surface area contributed by atoms with E-state index in [4.69, 9.17) is 9.15 Å². The molecule has 3 rings (SSSR count). The van der Waals surface area contributed by atoms with E-state index in [0.29, 0.717) is 5.76 Å². The third-order valence-corrected chi connectivity index (χ3v) is 3.32. The van der Waals surface area contributed by atoms with Gasteiger partial charge in [-0.2, -0.15) is 0 Å². The van der Waals surface area contributed by atoms with Gasteiger partial charge < -0.3 is 9.15 Å². The molecule has 0 spiro atoms. The number of allylic oxidation sites excluding steroid dienone is 1. The van der Waals surface area contributed by atoms with Crippen molar-refractivity contribution in [1.82, 2.24) is 0 Å². The molecular weight excluding hydrogens is 264 g/mol. The number of benzene rings is 2. The molecule has 0 saturated carbocycles. The van der Waals surface area contributed by atoms with Crippen molar-refractivity contribution in [3.63, 3.8) is 0 Å². The second kappa shape index (κ2) is 5.67. The summed E-state index contributed by atoms with van der Waals surface area (Å²) in [4.78, 5) is 12.0. The lowest BCUT2D eigenvalue weighted by molar-refractivity contribution is 0.102. The summed E-state index contributed by atoms with van der Waals surface area (Å²) in [5.41, 5.74) is 0.885. The minimum Gasteiger partial charge on any atom is -0.496 e. The van der Waals surface area contributed by atoms with Gasteiger partial charge in [-0.3, -0.25) is 4.79 Å². The van der Waals surface area contributed by atoms with Crippen molar-refractivity contribution in [2.45, 2.75) is 0 Å². The van der Waals surface area contributed by atoms with Gasteiger partial charge in [0.15, 0.2) is 5.76 Å². The second-order valence-electron chi connectivity index (χ2n) is 4.58. The van der Waals surface area contributed by atoms with E-state index in [1.54, 1.807) is 25.3 Å². The van der Waals surface area contributed by atoms with Crippen LogP contribution in [0.2, 0.25) is 0 Å². The molecule has 104 valence electrons. The molecule has 0 saturated heterocycles. The highest BCUT2D eigenvalue weighted by molar-refractivity contribution is 6.06. The van der Waals surface area contributed by atoms with Crippen LogP contribution < -0.4 is 4.74 Å². The molecule has 1 aromatic heterocycles. The molecule has 0 fully saturated rings. The standard InChI is InChI=1S/C18H14O3/c1-20-17-11-8-13-5-2-3-6-14(13)15(17)9-10-16(19)18-7-4-12-21-18/h2-12H,1H3/b10-9-. The van der Waals surface area contributed by atoms with Crippen LogP contribution in [0.15, 0.2) is 65.3 Å². The highest BCUT2D eigenvalue weighted by Crippen LogP contribution is 2.29. The normalized spacial score (nSPS) is 11.1. The summed E-state index contributed by atoms with van der Waals surface area (Å²) in [5, 5.41) is 2.14. The van der Waals surface area contributed by atoms with Crippen LogP contribution in [-0.4, -0.2) is 12.9 Å². The van der Waals surface area contributed by atoms with Gasteiger partial charge in [0.2, 0.25) is 5.78 Å². The third-order valence-electron chi connectivity index (χ3n) is 3.32. The number of rotatable bonds is 4. The van der Waals surface area contributed by atoms with E-state index in [1.165, 1.54) is 12.3 Å². The summed E-state index contributed by atoms with van der Waals surface area (Å²) in [6.07, 6.45) is 4.76. The average Bonchev–Trinajstić information content (AvgIpc) is 3.06. The minimum atomic E-state index is -0.171. The maximum Gasteiger partial charge on any atom is 0.221 e. The zero-order chi connectivity index (χ0) is 14.7. The average molecular weight is 278 g/mol. The van der Waals surface area contributed by atoms with E-state index >= 15 is 0 Å². The Hall–Kier alpha value is -2.81. The molecule has 0 radical (unpaired) electrons. The Morgan fingerprint density at radius 3 is 2.71 bits per heavy atom. The Morgan fingerprint density at radius 1 is 1.10 bits per heavy atom. The fraction of sp³-hybridized carbons (Fsp3) is 0.0556. The Balaban J connectivity index is 2.04. The van der Waals surface area contributed by atoms with Gasteiger partial charge in [0.05, 0.1) is 13.4 Å². The molecule has 0 atom stereocenters. The summed E-state index contributed by atoms with van der Waals surface area (Å²) < 4.78 is 10.5. The first-order valence-electron chi connectivity index (χ1n) is 6.61. The van der Waals surface area contributed by atoms with E-state index in [0.717, 1.165) is 22.1 Å². The van der Waals surface area contributed by atoms with E-state index in [2.05, 4.69) is 0 Å². The van der Waals surface area contributed by atoms with Gasteiger partial charge in [-0.25, -0.2) is 0 Å². The van der Waals surface area contributed by atoms with Crippen LogP contribution in [0, 0.1) is 0 Å². The number of carbonyl (C=O) groups excluding carboxylic acids is 1. The van der Waals surface area contributed by atoms with Gasteiger partial charge in [0.25, 0.3) is 0 Å². The zero-order valence-electron chi connectivity index (χ0n) is 11.6. The highest BCUT2D eigenvalue weighted by Gasteiger charge is 2.08. The summed E-state index contributed by atoms with van der Waals surface area (Å²) in [7, 11) is 1.62. The van der Waals surface area contributed by atoms with Crippen LogP contribution in [-0.2, 0) is 0 Å². The zero-order valence-corrected chi connectivity index (χ0v) is 11.6. The first-order valence-corrected chi connectivity index (χ1v) is 6.61. The number of ether oxygens (including phenoxy) is 1. The molecular formula is C18H14O3. The predicted octanol–water partition coefficient (Wildman–Crippen LogP) is 4.34. The van der Waals surface area contributed by atoms with E-state index in [9.17, 15) is 4.79 Å². The first kappa shape index (κ1) is 13.2. The lowest BCUT2D eigenvalue weighted by atomic mass is 10.0. The summed E-state index contributed by atoms with van der Waals surface area (Å²) in [5.74, 6) is 0.887. The highest BCUT2D eigenvalue weighted by atomic mass is 16.5.